The van der Waals surface area contributed by atoms with Crippen LogP contribution >= 0.6 is 0 Å². The summed E-state index contributed by atoms with van der Waals surface area (Å²) < 4.78 is 5.64. The summed E-state index contributed by atoms with van der Waals surface area (Å²) in [6, 6.07) is 14.4. The van der Waals surface area contributed by atoms with E-state index in [4.69, 9.17) is 10.5 Å². The van der Waals surface area contributed by atoms with Crippen LogP contribution in [0.2, 0.25) is 0 Å². The molecule has 3 nitrogen and oxygen atoms in total. The topological polar surface area (TPSA) is 47.3 Å². The molecule has 0 bridgehead atoms. The van der Waals surface area contributed by atoms with Crippen LogP contribution in [-0.2, 0) is 12.8 Å². The first kappa shape index (κ1) is 12.9. The van der Waals surface area contributed by atoms with Gasteiger partial charge < -0.3 is 15.8 Å². The molecule has 104 valence electrons. The molecule has 0 saturated heterocycles. The zero-order chi connectivity index (χ0) is 13.8. The molecule has 2 aromatic rings. The number of anilines is 2. The van der Waals surface area contributed by atoms with Crippen molar-refractivity contribution < 1.29 is 4.74 Å². The largest absolute Gasteiger partial charge is 0.493 e. The van der Waals surface area contributed by atoms with E-state index in [0.717, 1.165) is 49.5 Å². The van der Waals surface area contributed by atoms with Crippen molar-refractivity contribution in [2.75, 3.05) is 24.2 Å². The summed E-state index contributed by atoms with van der Waals surface area (Å²) >= 11 is 0. The van der Waals surface area contributed by atoms with Crippen molar-refractivity contribution >= 4 is 11.4 Å². The molecular weight excluding hydrogens is 248 g/mol. The fourth-order valence-corrected chi connectivity index (χ4v) is 2.57. The van der Waals surface area contributed by atoms with Crippen molar-refractivity contribution in [2.24, 2.45) is 0 Å². The van der Waals surface area contributed by atoms with E-state index >= 15 is 0 Å². The predicted octanol–water partition coefficient (Wildman–Crippen LogP) is 3.25. The quantitative estimate of drug-likeness (QED) is 0.837. The molecule has 0 amide bonds. The molecule has 0 saturated carbocycles. The summed E-state index contributed by atoms with van der Waals surface area (Å²) in [5.41, 5.74) is 10.4. The molecule has 1 aliphatic rings. The molecule has 1 aliphatic heterocycles. The van der Waals surface area contributed by atoms with Crippen LogP contribution in [0.5, 0.6) is 5.75 Å². The Balaban J connectivity index is 1.60. The average molecular weight is 268 g/mol. The van der Waals surface area contributed by atoms with Gasteiger partial charge in [-0.25, -0.2) is 0 Å². The smallest absolute Gasteiger partial charge is 0.122 e. The molecular formula is C17H20N2O. The van der Waals surface area contributed by atoms with E-state index in [1.807, 2.05) is 24.3 Å². The number of benzene rings is 2. The number of nitrogens with one attached hydrogen (secondary N) is 1. The number of fused-ring (bicyclic) bond motifs is 1. The molecule has 0 unspecified atom stereocenters. The van der Waals surface area contributed by atoms with Gasteiger partial charge in [0, 0.05) is 6.54 Å². The Morgan fingerprint density at radius 1 is 1.15 bits per heavy atom. The van der Waals surface area contributed by atoms with Crippen LogP contribution in [0.4, 0.5) is 11.4 Å². The summed E-state index contributed by atoms with van der Waals surface area (Å²) in [6.45, 7) is 1.73. The maximum atomic E-state index is 5.91. The maximum absolute atomic E-state index is 5.91. The number of nitrogen functional groups attached to an aromatic ring is 1. The summed E-state index contributed by atoms with van der Waals surface area (Å²) in [4.78, 5) is 0. The van der Waals surface area contributed by atoms with Crippen molar-refractivity contribution in [3.63, 3.8) is 0 Å². The van der Waals surface area contributed by atoms with Crippen LogP contribution in [0.15, 0.2) is 42.5 Å². The van der Waals surface area contributed by atoms with E-state index in [1.54, 1.807) is 0 Å². The average Bonchev–Trinajstić information content (AvgIpc) is 2.49. The van der Waals surface area contributed by atoms with Gasteiger partial charge in [-0.3, -0.25) is 0 Å². The van der Waals surface area contributed by atoms with Gasteiger partial charge >= 0.3 is 0 Å². The highest BCUT2D eigenvalue weighted by Crippen LogP contribution is 2.25. The Hall–Kier alpha value is -2.16. The van der Waals surface area contributed by atoms with E-state index in [1.165, 1.54) is 11.1 Å². The molecule has 0 spiro atoms. The van der Waals surface area contributed by atoms with Crippen LogP contribution in [0, 0.1) is 0 Å². The van der Waals surface area contributed by atoms with Crippen LogP contribution < -0.4 is 15.8 Å². The lowest BCUT2D eigenvalue weighted by molar-refractivity contribution is 0.288. The molecule has 3 N–H and O–H groups in total. The monoisotopic (exact) mass is 268 g/mol. The molecule has 0 aromatic heterocycles. The lowest BCUT2D eigenvalue weighted by Crippen LogP contribution is -2.10. The highest BCUT2D eigenvalue weighted by Gasteiger charge is 2.10. The molecule has 20 heavy (non-hydrogen) atoms. The minimum absolute atomic E-state index is 0.798. The molecule has 1 heterocycles. The van der Waals surface area contributed by atoms with Crippen LogP contribution in [0.25, 0.3) is 0 Å². The summed E-state index contributed by atoms with van der Waals surface area (Å²) in [5, 5.41) is 3.39. The number of ether oxygens (including phenoxy) is 1. The minimum Gasteiger partial charge on any atom is -0.493 e. The van der Waals surface area contributed by atoms with Gasteiger partial charge in [-0.1, -0.05) is 24.3 Å². The fourth-order valence-electron chi connectivity index (χ4n) is 2.57. The first-order chi connectivity index (χ1) is 9.83. The highest BCUT2D eigenvalue weighted by molar-refractivity contribution is 5.65. The molecule has 0 fully saturated rings. The van der Waals surface area contributed by atoms with Crippen molar-refractivity contribution in [1.82, 2.24) is 0 Å². The lowest BCUT2D eigenvalue weighted by atomic mass is 10.0. The summed E-state index contributed by atoms with van der Waals surface area (Å²) in [5.74, 6) is 1.06. The Kier molecular flexibility index (Phi) is 3.77. The van der Waals surface area contributed by atoms with Gasteiger partial charge in [-0.2, -0.15) is 0 Å². The Labute approximate surface area is 119 Å². The van der Waals surface area contributed by atoms with E-state index in [-0.39, 0.29) is 0 Å². The number of para-hydroxylation sites is 2. The molecule has 3 rings (SSSR count). The Morgan fingerprint density at radius 2 is 2.05 bits per heavy atom. The van der Waals surface area contributed by atoms with Gasteiger partial charge in [0.15, 0.2) is 0 Å². The molecule has 2 aromatic carbocycles. The maximum Gasteiger partial charge on any atom is 0.122 e. The molecule has 0 atom stereocenters. The van der Waals surface area contributed by atoms with Crippen molar-refractivity contribution in [3.05, 3.63) is 53.6 Å². The lowest BCUT2D eigenvalue weighted by Gasteiger charge is -2.18. The second-order valence-corrected chi connectivity index (χ2v) is 5.16. The van der Waals surface area contributed by atoms with Crippen LogP contribution in [-0.4, -0.2) is 13.2 Å². The Bertz CT molecular complexity index is 595. The van der Waals surface area contributed by atoms with Crippen LogP contribution in [0.1, 0.15) is 17.5 Å². The number of hydrogen-bond acceptors (Lipinski definition) is 3. The summed E-state index contributed by atoms with van der Waals surface area (Å²) in [7, 11) is 0. The highest BCUT2D eigenvalue weighted by atomic mass is 16.5. The zero-order valence-corrected chi connectivity index (χ0v) is 11.6. The minimum atomic E-state index is 0.798. The van der Waals surface area contributed by atoms with Gasteiger partial charge in [0.05, 0.1) is 18.0 Å². The Morgan fingerprint density at radius 3 is 2.95 bits per heavy atom. The predicted molar refractivity (Wildman–Crippen MR) is 83.3 cm³/mol. The van der Waals surface area contributed by atoms with Gasteiger partial charge in [-0.05, 0) is 48.6 Å². The third kappa shape index (κ3) is 2.87. The second-order valence-electron chi connectivity index (χ2n) is 5.16. The van der Waals surface area contributed by atoms with E-state index < -0.39 is 0 Å². The second kappa shape index (κ2) is 5.87. The van der Waals surface area contributed by atoms with Gasteiger partial charge in [0.25, 0.3) is 0 Å². The van der Waals surface area contributed by atoms with Gasteiger partial charge in [-0.15, -0.1) is 0 Å². The van der Waals surface area contributed by atoms with Crippen molar-refractivity contribution in [3.8, 4) is 5.75 Å². The molecule has 3 heteroatoms. The third-order valence-electron chi connectivity index (χ3n) is 3.66. The van der Waals surface area contributed by atoms with E-state index in [9.17, 15) is 0 Å². The third-order valence-corrected chi connectivity index (χ3v) is 3.66. The van der Waals surface area contributed by atoms with E-state index in [0.29, 0.717) is 0 Å². The van der Waals surface area contributed by atoms with Crippen LogP contribution in [0.3, 0.4) is 0 Å². The van der Waals surface area contributed by atoms with Gasteiger partial charge in [0.1, 0.15) is 5.75 Å². The van der Waals surface area contributed by atoms with Crippen molar-refractivity contribution in [2.45, 2.75) is 19.3 Å². The number of hydrogen-bond donors (Lipinski definition) is 2. The SMILES string of the molecule is Nc1ccccc1NCCc1ccc2c(c1)CCCO2. The first-order valence-corrected chi connectivity index (χ1v) is 7.16. The standard InChI is InChI=1S/C17H20N2O/c18-15-5-1-2-6-16(15)19-10-9-13-7-8-17-14(12-13)4-3-11-20-17/h1-2,5-8,12,19H,3-4,9-11,18H2. The number of nitrogens with two attached hydrogens (primary N) is 1. The molecule has 0 radical (unpaired) electrons. The normalized spacial score (nSPS) is 13.4. The first-order valence-electron chi connectivity index (χ1n) is 7.16. The van der Waals surface area contributed by atoms with E-state index in [2.05, 4.69) is 23.5 Å². The van der Waals surface area contributed by atoms with Crippen molar-refractivity contribution in [1.29, 1.82) is 0 Å². The molecule has 0 aliphatic carbocycles. The fraction of sp³-hybridized carbons (Fsp3) is 0.294. The van der Waals surface area contributed by atoms with Gasteiger partial charge in [0.2, 0.25) is 0 Å². The number of rotatable bonds is 4. The zero-order valence-electron chi connectivity index (χ0n) is 11.6. The summed E-state index contributed by atoms with van der Waals surface area (Å²) in [6.07, 6.45) is 3.24. The number of aryl methyl sites for hydroxylation is 1.